The fraction of sp³-hybridized carbons (Fsp3) is 0. The second kappa shape index (κ2) is 12.5. The second-order valence-corrected chi connectivity index (χ2v) is 17.1. The first-order valence-corrected chi connectivity index (χ1v) is 20.8. The van der Waals surface area contributed by atoms with Gasteiger partial charge in [-0.3, -0.25) is 0 Å². The monoisotopic (exact) mass is 744 g/mol. The Balaban J connectivity index is 0.837. The van der Waals surface area contributed by atoms with Gasteiger partial charge in [-0.25, -0.2) is 0 Å². The van der Waals surface area contributed by atoms with E-state index in [1.54, 1.807) is 0 Å². The van der Waals surface area contributed by atoms with E-state index in [1.165, 1.54) is 117 Å². The average Bonchev–Trinajstić information content (AvgIpc) is 3.80. The molecule has 0 radical (unpaired) electrons. The summed E-state index contributed by atoms with van der Waals surface area (Å²) in [5.74, 6) is 0. The van der Waals surface area contributed by atoms with Crippen LogP contribution < -0.4 is 0 Å². The minimum atomic E-state index is 1.25. The predicted octanol–water partition coefficient (Wildman–Crippen LogP) is 16.5. The Labute approximate surface area is 332 Å². The highest BCUT2D eigenvalue weighted by molar-refractivity contribution is 7.36. The molecule has 0 saturated heterocycles. The van der Waals surface area contributed by atoms with Crippen LogP contribution in [0.4, 0.5) is 0 Å². The largest absolute Gasteiger partial charge is 0.134 e. The molecule has 0 aliphatic heterocycles. The lowest BCUT2D eigenvalue weighted by molar-refractivity contribution is 1.66. The van der Waals surface area contributed by atoms with Crippen molar-refractivity contribution in [3.8, 4) is 44.5 Å². The highest BCUT2D eigenvalue weighted by atomic mass is 32.1. The van der Waals surface area contributed by atoms with E-state index in [-0.39, 0.29) is 0 Å². The molecule has 0 nitrogen and oxygen atoms in total. The molecule has 0 N–H and O–H groups in total. The highest BCUT2D eigenvalue weighted by Crippen LogP contribution is 2.46. The molecular formula is C54H32S2. The van der Waals surface area contributed by atoms with E-state index in [2.05, 4.69) is 194 Å². The lowest BCUT2D eigenvalue weighted by Gasteiger charge is -2.08. The van der Waals surface area contributed by atoms with Gasteiger partial charge >= 0.3 is 0 Å². The van der Waals surface area contributed by atoms with Gasteiger partial charge in [-0.15, -0.1) is 22.7 Å². The Hall–Kier alpha value is -6.58. The predicted molar refractivity (Wildman–Crippen MR) is 246 cm³/mol. The maximum absolute atomic E-state index is 2.39. The van der Waals surface area contributed by atoms with Crippen molar-refractivity contribution in [2.75, 3.05) is 0 Å². The Morgan fingerprint density at radius 1 is 0.214 bits per heavy atom. The van der Waals surface area contributed by atoms with Crippen molar-refractivity contribution in [1.29, 1.82) is 0 Å². The van der Waals surface area contributed by atoms with Crippen molar-refractivity contribution in [2.45, 2.75) is 0 Å². The van der Waals surface area contributed by atoms with Crippen molar-refractivity contribution in [2.24, 2.45) is 0 Å². The fourth-order valence-corrected chi connectivity index (χ4v) is 11.3. The van der Waals surface area contributed by atoms with Gasteiger partial charge in [0.1, 0.15) is 0 Å². The molecule has 0 aliphatic rings. The summed E-state index contributed by atoms with van der Waals surface area (Å²) in [6.45, 7) is 0. The molecule has 0 aliphatic carbocycles. The third kappa shape index (κ3) is 5.26. The summed E-state index contributed by atoms with van der Waals surface area (Å²) in [6.07, 6.45) is 0. The molecular weight excluding hydrogens is 713 g/mol. The number of rotatable bonds is 4. The first kappa shape index (κ1) is 31.7. The standard InChI is InChI=1S/C54H32S2/c1-3-7-35-25-37(11-9-33(35)5-1)39-13-15-43-29-45(19-17-41(43)27-39)47-21-23-49-51(31-47)55-54-50-24-22-48(32-52(50)56-53(49)54)46-20-18-42-28-40(14-16-44(42)30-46)38-12-10-34-6-2-4-8-36(34)26-38/h1-32H. The zero-order valence-electron chi connectivity index (χ0n) is 30.3. The van der Waals surface area contributed by atoms with Crippen LogP contribution in [0.5, 0.6) is 0 Å². The van der Waals surface area contributed by atoms with Crippen LogP contribution in [0.25, 0.3) is 117 Å². The summed E-state index contributed by atoms with van der Waals surface area (Å²) in [7, 11) is 0. The van der Waals surface area contributed by atoms with Crippen LogP contribution in [-0.4, -0.2) is 0 Å². The van der Waals surface area contributed by atoms with Crippen LogP contribution in [-0.2, 0) is 0 Å². The van der Waals surface area contributed by atoms with E-state index < -0.39 is 0 Å². The van der Waals surface area contributed by atoms with Crippen molar-refractivity contribution in [1.82, 2.24) is 0 Å². The van der Waals surface area contributed by atoms with Gasteiger partial charge < -0.3 is 0 Å². The van der Waals surface area contributed by atoms with E-state index in [9.17, 15) is 0 Å². The third-order valence-corrected chi connectivity index (χ3v) is 14.1. The number of hydrogen-bond donors (Lipinski definition) is 0. The molecule has 12 rings (SSSR count). The molecule has 0 amide bonds. The van der Waals surface area contributed by atoms with Crippen LogP contribution in [0.2, 0.25) is 0 Å². The minimum absolute atomic E-state index is 1.25. The van der Waals surface area contributed by atoms with Gasteiger partial charge in [-0.1, -0.05) is 146 Å². The molecule has 56 heavy (non-hydrogen) atoms. The molecule has 0 atom stereocenters. The van der Waals surface area contributed by atoms with Gasteiger partial charge in [0.2, 0.25) is 0 Å². The lowest BCUT2D eigenvalue weighted by Crippen LogP contribution is -1.82. The molecule has 260 valence electrons. The van der Waals surface area contributed by atoms with Crippen LogP contribution in [0.3, 0.4) is 0 Å². The first-order chi connectivity index (χ1) is 27.7. The molecule has 12 aromatic rings. The molecule has 0 spiro atoms. The summed E-state index contributed by atoms with van der Waals surface area (Å²) >= 11 is 3.85. The molecule has 0 saturated carbocycles. The molecule has 0 bridgehead atoms. The molecule has 0 fully saturated rings. The topological polar surface area (TPSA) is 0 Å². The number of fused-ring (bicyclic) bond motifs is 9. The van der Waals surface area contributed by atoms with E-state index in [4.69, 9.17) is 0 Å². The average molecular weight is 745 g/mol. The Kier molecular flexibility index (Phi) is 7.07. The fourth-order valence-electron chi connectivity index (χ4n) is 8.56. The quantitative estimate of drug-likeness (QED) is 0.168. The van der Waals surface area contributed by atoms with E-state index in [0.717, 1.165) is 0 Å². The zero-order valence-corrected chi connectivity index (χ0v) is 31.9. The lowest BCUT2D eigenvalue weighted by atomic mass is 9.96. The van der Waals surface area contributed by atoms with Gasteiger partial charge in [0.05, 0.1) is 9.40 Å². The van der Waals surface area contributed by atoms with Crippen LogP contribution in [0, 0.1) is 0 Å². The molecule has 10 aromatic carbocycles. The van der Waals surface area contributed by atoms with Crippen LogP contribution >= 0.6 is 22.7 Å². The molecule has 2 aromatic heterocycles. The second-order valence-electron chi connectivity index (χ2n) is 15.0. The Morgan fingerprint density at radius 2 is 0.464 bits per heavy atom. The summed E-state index contributed by atoms with van der Waals surface area (Å²) < 4.78 is 5.48. The summed E-state index contributed by atoms with van der Waals surface area (Å²) in [5.41, 5.74) is 10.0. The van der Waals surface area contributed by atoms with E-state index in [1.807, 2.05) is 22.7 Å². The summed E-state index contributed by atoms with van der Waals surface area (Å²) in [4.78, 5) is 0. The van der Waals surface area contributed by atoms with Crippen LogP contribution in [0.1, 0.15) is 0 Å². The third-order valence-electron chi connectivity index (χ3n) is 11.6. The van der Waals surface area contributed by atoms with Crippen LogP contribution in [0.15, 0.2) is 194 Å². The smallest absolute Gasteiger partial charge is 0.0542 e. The van der Waals surface area contributed by atoms with Crippen molar-refractivity contribution in [3.05, 3.63) is 194 Å². The van der Waals surface area contributed by atoms with Crippen molar-refractivity contribution < 1.29 is 0 Å². The van der Waals surface area contributed by atoms with Crippen molar-refractivity contribution in [3.63, 3.8) is 0 Å². The van der Waals surface area contributed by atoms with Crippen molar-refractivity contribution >= 4 is 95.3 Å². The summed E-state index contributed by atoms with van der Waals surface area (Å²) in [6, 6.07) is 72.1. The number of hydrogen-bond acceptors (Lipinski definition) is 2. The van der Waals surface area contributed by atoms with E-state index >= 15 is 0 Å². The van der Waals surface area contributed by atoms with Gasteiger partial charge in [-0.2, -0.15) is 0 Å². The molecule has 0 unspecified atom stereocenters. The van der Waals surface area contributed by atoms with Gasteiger partial charge in [0.15, 0.2) is 0 Å². The van der Waals surface area contributed by atoms with E-state index in [0.29, 0.717) is 0 Å². The molecule has 2 heterocycles. The zero-order chi connectivity index (χ0) is 36.7. The summed E-state index contributed by atoms with van der Waals surface area (Å²) in [5, 5.41) is 12.8. The highest BCUT2D eigenvalue weighted by Gasteiger charge is 2.15. The van der Waals surface area contributed by atoms with Gasteiger partial charge in [0, 0.05) is 20.2 Å². The maximum Gasteiger partial charge on any atom is 0.0542 e. The Morgan fingerprint density at radius 3 is 0.804 bits per heavy atom. The number of benzene rings is 10. The SMILES string of the molecule is c1ccc2cc(-c3ccc4cc(-c5ccc6c(c5)sc5c7ccc(-c8ccc9cc(-c%10ccc%11ccccc%11c%10)ccc9c8)cc7sc65)ccc4c3)ccc2c1. The Bertz CT molecular complexity index is 3310. The maximum atomic E-state index is 2.39. The minimum Gasteiger partial charge on any atom is -0.134 e. The van der Waals surface area contributed by atoms with Gasteiger partial charge in [-0.05, 0) is 136 Å². The normalized spacial score (nSPS) is 11.9. The number of thiophene rings is 2. The first-order valence-electron chi connectivity index (χ1n) is 19.1. The van der Waals surface area contributed by atoms with Gasteiger partial charge in [0.25, 0.3) is 0 Å². The molecule has 2 heteroatoms.